The molecule has 36 heavy (non-hydrogen) atoms. The molecule has 1 unspecified atom stereocenters. The van der Waals surface area contributed by atoms with Crippen molar-refractivity contribution in [1.82, 2.24) is 9.80 Å². The minimum atomic E-state index is -0.339. The van der Waals surface area contributed by atoms with E-state index in [2.05, 4.69) is 35.7 Å². The van der Waals surface area contributed by atoms with E-state index in [4.69, 9.17) is 4.74 Å². The Balaban J connectivity index is 1.12. The first-order valence-corrected chi connectivity index (χ1v) is 13.8. The summed E-state index contributed by atoms with van der Waals surface area (Å²) in [6.07, 6.45) is 4.25. The van der Waals surface area contributed by atoms with Crippen LogP contribution in [0.1, 0.15) is 64.0 Å². The molecule has 1 aromatic heterocycles. The third-order valence-corrected chi connectivity index (χ3v) is 8.66. The highest BCUT2D eigenvalue weighted by Crippen LogP contribution is 2.36. The summed E-state index contributed by atoms with van der Waals surface area (Å²) in [5, 5.41) is 1.91. The van der Waals surface area contributed by atoms with E-state index in [0.29, 0.717) is 38.6 Å². The number of amides is 1. The average molecular weight is 507 g/mol. The zero-order valence-electron chi connectivity index (χ0n) is 20.8. The molecule has 2 aliphatic heterocycles. The number of hydrogen-bond donors (Lipinski definition) is 0. The SMILES string of the molecule is C=C1CCC(N2Cc3c(csc3CCC(=O)CCc3cccc(CN4CCOCC4)c3)C2=O)C(=O)C1. The van der Waals surface area contributed by atoms with Crippen LogP contribution in [0.3, 0.4) is 0 Å². The van der Waals surface area contributed by atoms with Gasteiger partial charge in [0.2, 0.25) is 0 Å². The fourth-order valence-electron chi connectivity index (χ4n) is 5.48. The number of thiophene rings is 1. The first kappa shape index (κ1) is 25.1. The molecule has 5 rings (SSSR count). The third-order valence-electron chi connectivity index (χ3n) is 7.57. The number of carbonyl (C=O) groups excluding carboxylic acids is 3. The van der Waals surface area contributed by atoms with Gasteiger partial charge in [-0.25, -0.2) is 0 Å². The van der Waals surface area contributed by atoms with Crippen molar-refractivity contribution in [2.75, 3.05) is 26.3 Å². The number of nitrogens with zero attached hydrogens (tertiary/aromatic N) is 2. The highest BCUT2D eigenvalue weighted by atomic mass is 32.1. The number of Topliss-reactive ketones (excluding diaryl/α,β-unsaturated/α-hetero) is 2. The Morgan fingerprint density at radius 2 is 1.89 bits per heavy atom. The van der Waals surface area contributed by atoms with Crippen molar-refractivity contribution in [1.29, 1.82) is 0 Å². The molecule has 0 spiro atoms. The van der Waals surface area contributed by atoms with Crippen LogP contribution in [0.2, 0.25) is 0 Å². The van der Waals surface area contributed by atoms with Crippen LogP contribution in [0.15, 0.2) is 41.8 Å². The molecule has 190 valence electrons. The molecule has 6 nitrogen and oxygen atoms in total. The summed E-state index contributed by atoms with van der Waals surface area (Å²) < 4.78 is 5.43. The van der Waals surface area contributed by atoms with Crippen LogP contribution >= 0.6 is 11.3 Å². The lowest BCUT2D eigenvalue weighted by Gasteiger charge is -2.30. The molecular weight excluding hydrogens is 472 g/mol. The summed E-state index contributed by atoms with van der Waals surface area (Å²) in [4.78, 5) is 43.4. The molecule has 7 heteroatoms. The lowest BCUT2D eigenvalue weighted by molar-refractivity contribution is -0.124. The van der Waals surface area contributed by atoms with E-state index in [9.17, 15) is 14.4 Å². The van der Waals surface area contributed by atoms with Crippen LogP contribution in [-0.4, -0.2) is 59.6 Å². The van der Waals surface area contributed by atoms with Crippen LogP contribution in [0.4, 0.5) is 0 Å². The quantitative estimate of drug-likeness (QED) is 0.473. The highest BCUT2D eigenvalue weighted by molar-refractivity contribution is 7.10. The Hall–Kier alpha value is -2.61. The number of allylic oxidation sites excluding steroid dienone is 1. The second-order valence-electron chi connectivity index (χ2n) is 10.2. The van der Waals surface area contributed by atoms with E-state index in [1.807, 2.05) is 5.38 Å². The van der Waals surface area contributed by atoms with E-state index >= 15 is 0 Å². The monoisotopic (exact) mass is 506 g/mol. The number of rotatable bonds is 9. The topological polar surface area (TPSA) is 66.9 Å². The molecular formula is C29H34N2O4S. The van der Waals surface area contributed by atoms with Crippen molar-refractivity contribution in [3.63, 3.8) is 0 Å². The lowest BCUT2D eigenvalue weighted by Crippen LogP contribution is -2.43. The summed E-state index contributed by atoms with van der Waals surface area (Å²) in [5.41, 5.74) is 5.18. The fourth-order valence-corrected chi connectivity index (χ4v) is 6.52. The molecule has 0 radical (unpaired) electrons. The Labute approximate surface area is 216 Å². The molecule has 1 aliphatic carbocycles. The largest absolute Gasteiger partial charge is 0.379 e. The van der Waals surface area contributed by atoms with Gasteiger partial charge in [0.15, 0.2) is 5.78 Å². The van der Waals surface area contributed by atoms with E-state index in [-0.39, 0.29) is 23.5 Å². The predicted octanol–water partition coefficient (Wildman–Crippen LogP) is 4.35. The fraction of sp³-hybridized carbons (Fsp3) is 0.483. The van der Waals surface area contributed by atoms with Gasteiger partial charge in [0.25, 0.3) is 5.91 Å². The van der Waals surface area contributed by atoms with Gasteiger partial charge in [-0.15, -0.1) is 11.3 Å². The maximum Gasteiger partial charge on any atom is 0.255 e. The van der Waals surface area contributed by atoms with Gasteiger partial charge in [0, 0.05) is 55.7 Å². The van der Waals surface area contributed by atoms with Gasteiger partial charge in [-0.3, -0.25) is 19.3 Å². The van der Waals surface area contributed by atoms with Crippen molar-refractivity contribution in [2.24, 2.45) is 0 Å². The molecule has 1 saturated heterocycles. The highest BCUT2D eigenvalue weighted by Gasteiger charge is 2.39. The standard InChI is InChI=1S/C29H34N2O4S/c1-20-5-9-26(27(33)15-20)31-18-24-25(29(31)34)19-36-28(24)10-8-23(32)7-6-21-3-2-4-22(16-21)17-30-11-13-35-14-12-30/h2-4,16,19,26H,1,5-15,17-18H2. The van der Waals surface area contributed by atoms with Crippen molar-refractivity contribution in [2.45, 2.75) is 64.1 Å². The maximum atomic E-state index is 13.0. The van der Waals surface area contributed by atoms with E-state index in [1.165, 1.54) is 11.1 Å². The lowest BCUT2D eigenvalue weighted by atomic mass is 9.89. The van der Waals surface area contributed by atoms with Gasteiger partial charge in [0.1, 0.15) is 5.78 Å². The van der Waals surface area contributed by atoms with Crippen LogP contribution < -0.4 is 0 Å². The zero-order chi connectivity index (χ0) is 25.1. The summed E-state index contributed by atoms with van der Waals surface area (Å²) in [5.74, 6) is 0.304. The molecule has 0 N–H and O–H groups in total. The molecule has 2 aromatic rings. The second-order valence-corrected chi connectivity index (χ2v) is 11.1. The van der Waals surface area contributed by atoms with Gasteiger partial charge in [-0.05, 0) is 42.4 Å². The molecule has 1 amide bonds. The van der Waals surface area contributed by atoms with E-state index in [1.54, 1.807) is 16.2 Å². The van der Waals surface area contributed by atoms with Crippen LogP contribution in [-0.2, 0) is 40.3 Å². The molecule has 1 saturated carbocycles. The van der Waals surface area contributed by atoms with Gasteiger partial charge in [0.05, 0.1) is 24.8 Å². The van der Waals surface area contributed by atoms with Crippen molar-refractivity contribution < 1.29 is 19.1 Å². The normalized spacial score (nSPS) is 20.7. The number of benzene rings is 1. The first-order chi connectivity index (χ1) is 17.5. The number of ether oxygens (including phenoxy) is 1. The van der Waals surface area contributed by atoms with Crippen LogP contribution in [0, 0.1) is 0 Å². The number of aryl methyl sites for hydroxylation is 2. The maximum absolute atomic E-state index is 13.0. The number of morpholine rings is 1. The van der Waals surface area contributed by atoms with Crippen molar-refractivity contribution in [3.8, 4) is 0 Å². The molecule has 3 aliphatic rings. The first-order valence-electron chi connectivity index (χ1n) is 13.0. The number of carbonyl (C=O) groups is 3. The van der Waals surface area contributed by atoms with Gasteiger partial charge in [-0.1, -0.05) is 36.4 Å². The third kappa shape index (κ3) is 5.69. The Bertz CT molecular complexity index is 1160. The van der Waals surface area contributed by atoms with Crippen LogP contribution in [0.25, 0.3) is 0 Å². The Morgan fingerprint density at radius 1 is 1.11 bits per heavy atom. The van der Waals surface area contributed by atoms with Gasteiger partial charge in [-0.2, -0.15) is 0 Å². The summed E-state index contributed by atoms with van der Waals surface area (Å²) in [6.45, 7) is 8.85. The Kier molecular flexibility index (Phi) is 7.79. The molecule has 1 aromatic carbocycles. The van der Waals surface area contributed by atoms with Crippen molar-refractivity contribution >= 4 is 28.8 Å². The number of ketones is 2. The minimum absolute atomic E-state index is 0.0401. The molecule has 1 atom stereocenters. The average Bonchev–Trinajstić information content (AvgIpc) is 3.42. The molecule has 0 bridgehead atoms. The minimum Gasteiger partial charge on any atom is -0.379 e. The summed E-state index contributed by atoms with van der Waals surface area (Å²) in [7, 11) is 0. The smallest absolute Gasteiger partial charge is 0.255 e. The zero-order valence-corrected chi connectivity index (χ0v) is 21.6. The molecule has 3 heterocycles. The van der Waals surface area contributed by atoms with E-state index < -0.39 is 0 Å². The molecule has 2 fully saturated rings. The predicted molar refractivity (Wildman–Crippen MR) is 140 cm³/mol. The van der Waals surface area contributed by atoms with Gasteiger partial charge < -0.3 is 9.64 Å². The second kappa shape index (κ2) is 11.2. The van der Waals surface area contributed by atoms with E-state index in [0.717, 1.165) is 67.3 Å². The number of fused-ring (bicyclic) bond motifs is 1. The summed E-state index contributed by atoms with van der Waals surface area (Å²) in [6, 6.07) is 8.22. The number of hydrogen-bond acceptors (Lipinski definition) is 6. The van der Waals surface area contributed by atoms with Crippen molar-refractivity contribution in [3.05, 3.63) is 68.9 Å². The van der Waals surface area contributed by atoms with Crippen LogP contribution in [0.5, 0.6) is 0 Å². The summed E-state index contributed by atoms with van der Waals surface area (Å²) >= 11 is 1.57. The van der Waals surface area contributed by atoms with Gasteiger partial charge >= 0.3 is 0 Å². The Morgan fingerprint density at radius 3 is 2.69 bits per heavy atom.